The number of nitrogens with one attached hydrogen (secondary N) is 1. The van der Waals surface area contributed by atoms with Crippen molar-refractivity contribution in [2.24, 2.45) is 11.1 Å². The van der Waals surface area contributed by atoms with Gasteiger partial charge in [0.2, 0.25) is 5.91 Å². The zero-order chi connectivity index (χ0) is 13.3. The largest absolute Gasteiger partial charge is 0.369 e. The van der Waals surface area contributed by atoms with E-state index >= 15 is 0 Å². The maximum absolute atomic E-state index is 11.1. The van der Waals surface area contributed by atoms with Crippen molar-refractivity contribution >= 4 is 5.91 Å². The van der Waals surface area contributed by atoms with Gasteiger partial charge in [0, 0.05) is 26.2 Å². The summed E-state index contributed by atoms with van der Waals surface area (Å²) in [6.07, 6.45) is 0.588. The van der Waals surface area contributed by atoms with Gasteiger partial charge in [-0.15, -0.1) is 0 Å². The minimum atomic E-state index is -0.521. The smallest absolute Gasteiger partial charge is 0.224 e. The van der Waals surface area contributed by atoms with Gasteiger partial charge in [0.05, 0.1) is 5.41 Å². The van der Waals surface area contributed by atoms with Crippen LogP contribution in [-0.2, 0) is 14.3 Å². The molecule has 17 heavy (non-hydrogen) atoms. The van der Waals surface area contributed by atoms with E-state index < -0.39 is 5.41 Å². The van der Waals surface area contributed by atoms with Crippen molar-refractivity contribution in [2.45, 2.75) is 40.4 Å². The van der Waals surface area contributed by atoms with Gasteiger partial charge in [0.15, 0.2) is 6.29 Å². The van der Waals surface area contributed by atoms with E-state index in [1.54, 1.807) is 0 Å². The van der Waals surface area contributed by atoms with Crippen molar-refractivity contribution in [3.8, 4) is 0 Å². The average molecular weight is 246 g/mol. The van der Waals surface area contributed by atoms with Crippen LogP contribution < -0.4 is 11.1 Å². The van der Waals surface area contributed by atoms with Crippen LogP contribution in [0.2, 0.25) is 0 Å². The van der Waals surface area contributed by atoms with Crippen LogP contribution in [0.5, 0.6) is 0 Å². The molecule has 0 aliphatic rings. The van der Waals surface area contributed by atoms with Crippen LogP contribution in [0.4, 0.5) is 0 Å². The standard InChI is InChI=1S/C12H26N2O3/c1-5-16-10(17-6-2)7-8-14-9-12(3,4)11(13)15/h10,14H,5-9H2,1-4H3,(H2,13,15). The third-order valence-electron chi connectivity index (χ3n) is 2.50. The van der Waals surface area contributed by atoms with E-state index in [0.29, 0.717) is 19.8 Å². The van der Waals surface area contributed by atoms with Gasteiger partial charge < -0.3 is 20.5 Å². The minimum absolute atomic E-state index is 0.172. The normalized spacial score (nSPS) is 12.1. The number of primary amides is 1. The van der Waals surface area contributed by atoms with Gasteiger partial charge in [-0.3, -0.25) is 4.79 Å². The quantitative estimate of drug-likeness (QED) is 0.443. The van der Waals surface area contributed by atoms with Crippen molar-refractivity contribution in [1.29, 1.82) is 0 Å². The SMILES string of the molecule is CCOC(CCNCC(C)(C)C(N)=O)OCC. The molecule has 5 nitrogen and oxygen atoms in total. The third kappa shape index (κ3) is 7.31. The summed E-state index contributed by atoms with van der Waals surface area (Å²) in [6.45, 7) is 10.1. The van der Waals surface area contributed by atoms with Gasteiger partial charge in [-0.05, 0) is 34.2 Å². The summed E-state index contributed by atoms with van der Waals surface area (Å²) in [7, 11) is 0. The lowest BCUT2D eigenvalue weighted by Gasteiger charge is -2.22. The lowest BCUT2D eigenvalue weighted by Crippen LogP contribution is -2.41. The zero-order valence-corrected chi connectivity index (χ0v) is 11.4. The molecule has 5 heteroatoms. The molecule has 0 aliphatic carbocycles. The Morgan fingerprint density at radius 1 is 1.29 bits per heavy atom. The Kier molecular flexibility index (Phi) is 8.12. The number of rotatable bonds is 10. The van der Waals surface area contributed by atoms with Crippen LogP contribution in [-0.4, -0.2) is 38.5 Å². The number of nitrogens with two attached hydrogens (primary N) is 1. The van der Waals surface area contributed by atoms with Crippen LogP contribution in [0.1, 0.15) is 34.1 Å². The first-order chi connectivity index (χ1) is 7.94. The first-order valence-corrected chi connectivity index (χ1v) is 6.17. The third-order valence-corrected chi connectivity index (χ3v) is 2.50. The van der Waals surface area contributed by atoms with Crippen molar-refractivity contribution in [3.05, 3.63) is 0 Å². The minimum Gasteiger partial charge on any atom is -0.369 e. The molecule has 0 aromatic rings. The Hall–Kier alpha value is -0.650. The van der Waals surface area contributed by atoms with Crippen molar-refractivity contribution in [2.75, 3.05) is 26.3 Å². The Morgan fingerprint density at radius 2 is 1.82 bits per heavy atom. The molecule has 0 unspecified atom stereocenters. The van der Waals surface area contributed by atoms with Gasteiger partial charge in [-0.2, -0.15) is 0 Å². The van der Waals surface area contributed by atoms with Crippen molar-refractivity contribution in [1.82, 2.24) is 5.32 Å². The maximum atomic E-state index is 11.1. The van der Waals surface area contributed by atoms with E-state index in [9.17, 15) is 4.79 Å². The fraction of sp³-hybridized carbons (Fsp3) is 0.917. The summed E-state index contributed by atoms with van der Waals surface area (Å²) in [5, 5.41) is 3.19. The molecular weight excluding hydrogens is 220 g/mol. The summed E-state index contributed by atoms with van der Waals surface area (Å²) in [5.74, 6) is -0.295. The van der Waals surface area contributed by atoms with E-state index in [4.69, 9.17) is 15.2 Å². The zero-order valence-electron chi connectivity index (χ0n) is 11.4. The number of carbonyl (C=O) groups is 1. The predicted octanol–water partition coefficient (Wildman–Crippen LogP) is 0.877. The highest BCUT2D eigenvalue weighted by molar-refractivity contribution is 5.80. The fourth-order valence-corrected chi connectivity index (χ4v) is 1.29. The topological polar surface area (TPSA) is 73.6 Å². The number of hydrogen-bond donors (Lipinski definition) is 2. The predicted molar refractivity (Wildman–Crippen MR) is 67.5 cm³/mol. The molecular formula is C12H26N2O3. The summed E-state index contributed by atoms with van der Waals surface area (Å²) < 4.78 is 10.8. The Bertz CT molecular complexity index is 214. The van der Waals surface area contributed by atoms with Crippen LogP contribution in [0.15, 0.2) is 0 Å². The second-order valence-electron chi connectivity index (χ2n) is 4.55. The molecule has 0 saturated carbocycles. The second-order valence-corrected chi connectivity index (χ2v) is 4.55. The number of amides is 1. The molecule has 0 heterocycles. The number of hydrogen-bond acceptors (Lipinski definition) is 4. The maximum Gasteiger partial charge on any atom is 0.224 e. The molecule has 3 N–H and O–H groups in total. The second kappa shape index (κ2) is 8.44. The van der Waals surface area contributed by atoms with Crippen molar-refractivity contribution < 1.29 is 14.3 Å². The highest BCUT2D eigenvalue weighted by Gasteiger charge is 2.24. The van der Waals surface area contributed by atoms with Crippen LogP contribution in [0, 0.1) is 5.41 Å². The molecule has 102 valence electrons. The van der Waals surface area contributed by atoms with E-state index in [0.717, 1.165) is 13.0 Å². The summed E-state index contributed by atoms with van der Waals surface area (Å²) >= 11 is 0. The van der Waals surface area contributed by atoms with E-state index in [-0.39, 0.29) is 12.2 Å². The fourth-order valence-electron chi connectivity index (χ4n) is 1.29. The molecule has 0 atom stereocenters. The first-order valence-electron chi connectivity index (χ1n) is 6.17. The molecule has 0 saturated heterocycles. The molecule has 0 aromatic heterocycles. The highest BCUT2D eigenvalue weighted by Crippen LogP contribution is 2.11. The molecule has 0 spiro atoms. The molecule has 0 aliphatic heterocycles. The van der Waals surface area contributed by atoms with E-state index in [1.807, 2.05) is 27.7 Å². The van der Waals surface area contributed by atoms with E-state index in [2.05, 4.69) is 5.32 Å². The van der Waals surface area contributed by atoms with Crippen LogP contribution in [0.3, 0.4) is 0 Å². The summed E-state index contributed by atoms with van der Waals surface area (Å²) in [6, 6.07) is 0. The van der Waals surface area contributed by atoms with E-state index in [1.165, 1.54) is 0 Å². The monoisotopic (exact) mass is 246 g/mol. The summed E-state index contributed by atoms with van der Waals surface area (Å²) in [4.78, 5) is 11.1. The number of carbonyl (C=O) groups excluding carboxylic acids is 1. The van der Waals surface area contributed by atoms with Gasteiger partial charge in [-0.1, -0.05) is 0 Å². The Morgan fingerprint density at radius 3 is 2.24 bits per heavy atom. The number of ether oxygens (including phenoxy) is 2. The van der Waals surface area contributed by atoms with Gasteiger partial charge >= 0.3 is 0 Å². The van der Waals surface area contributed by atoms with Crippen LogP contribution >= 0.6 is 0 Å². The van der Waals surface area contributed by atoms with Crippen LogP contribution in [0.25, 0.3) is 0 Å². The first kappa shape index (κ1) is 16.4. The van der Waals surface area contributed by atoms with Gasteiger partial charge in [-0.25, -0.2) is 0 Å². The molecule has 1 amide bonds. The van der Waals surface area contributed by atoms with Gasteiger partial charge in [0.25, 0.3) is 0 Å². The molecule has 0 bridgehead atoms. The van der Waals surface area contributed by atoms with Crippen molar-refractivity contribution in [3.63, 3.8) is 0 Å². The Labute approximate surface area is 104 Å². The Balaban J connectivity index is 3.77. The molecule has 0 radical (unpaired) electrons. The molecule has 0 rings (SSSR count). The lowest BCUT2D eigenvalue weighted by molar-refractivity contribution is -0.138. The average Bonchev–Trinajstić information content (AvgIpc) is 2.24. The van der Waals surface area contributed by atoms with Gasteiger partial charge in [0.1, 0.15) is 0 Å². The lowest BCUT2D eigenvalue weighted by atomic mass is 9.93. The molecule has 0 fully saturated rings. The molecule has 0 aromatic carbocycles. The summed E-state index contributed by atoms with van der Waals surface area (Å²) in [5.41, 5.74) is 4.76. The highest BCUT2D eigenvalue weighted by atomic mass is 16.7.